The average Bonchev–Trinajstić information content (AvgIpc) is 2.54. The van der Waals surface area contributed by atoms with Crippen LogP contribution in [0.2, 0.25) is 0 Å². The van der Waals surface area contributed by atoms with Gasteiger partial charge in [0.05, 0.1) is 12.0 Å². The number of piperidine rings is 1. The third-order valence-corrected chi connectivity index (χ3v) is 4.19. The summed E-state index contributed by atoms with van der Waals surface area (Å²) >= 11 is 0. The molecule has 3 N–H and O–H groups in total. The molecule has 0 spiro atoms. The Kier molecular flexibility index (Phi) is 8.18. The van der Waals surface area contributed by atoms with Crippen molar-refractivity contribution in [2.75, 3.05) is 32.1 Å². The Bertz CT molecular complexity index is 537. The molecule has 0 saturated carbocycles. The summed E-state index contributed by atoms with van der Waals surface area (Å²) in [5.41, 5.74) is 1.31. The van der Waals surface area contributed by atoms with Crippen molar-refractivity contribution in [3.05, 3.63) is 29.8 Å². The molecule has 0 unspecified atom stereocenters. The normalized spacial score (nSPS) is 15.9. The zero-order chi connectivity index (χ0) is 16.7. The molecule has 134 valence electrons. The second-order valence-electron chi connectivity index (χ2n) is 6.02. The van der Waals surface area contributed by atoms with Crippen molar-refractivity contribution < 1.29 is 14.3 Å². The van der Waals surface area contributed by atoms with Crippen LogP contribution in [0.25, 0.3) is 0 Å². The van der Waals surface area contributed by atoms with Gasteiger partial charge in [-0.1, -0.05) is 12.1 Å². The molecule has 1 aliphatic rings. The average molecular weight is 356 g/mol. The van der Waals surface area contributed by atoms with Gasteiger partial charge in [-0.15, -0.1) is 12.4 Å². The Morgan fingerprint density at radius 3 is 2.38 bits per heavy atom. The van der Waals surface area contributed by atoms with Gasteiger partial charge in [0.25, 0.3) is 0 Å². The van der Waals surface area contributed by atoms with E-state index in [0.29, 0.717) is 13.2 Å². The maximum absolute atomic E-state index is 12.6. The molecule has 0 radical (unpaired) electrons. The number of rotatable bonds is 6. The van der Waals surface area contributed by atoms with Crippen LogP contribution in [0.15, 0.2) is 24.3 Å². The van der Waals surface area contributed by atoms with Gasteiger partial charge in [0.15, 0.2) is 0 Å². The van der Waals surface area contributed by atoms with Crippen LogP contribution < -0.4 is 16.0 Å². The highest BCUT2D eigenvalue weighted by Gasteiger charge is 2.39. The number of carbonyl (C=O) groups is 2. The first kappa shape index (κ1) is 20.4. The Hall–Kier alpha value is -1.63. The van der Waals surface area contributed by atoms with Gasteiger partial charge >= 0.3 is 0 Å². The number of benzene rings is 1. The molecule has 0 atom stereocenters. The summed E-state index contributed by atoms with van der Waals surface area (Å²) in [7, 11) is 1.64. The highest BCUT2D eigenvalue weighted by Crippen LogP contribution is 2.29. The summed E-state index contributed by atoms with van der Waals surface area (Å²) < 4.78 is 5.28. The summed E-state index contributed by atoms with van der Waals surface area (Å²) in [4.78, 5) is 23.6. The number of ether oxygens (including phenoxy) is 1. The smallest absolute Gasteiger partial charge is 0.228 e. The lowest BCUT2D eigenvalue weighted by Crippen LogP contribution is -2.49. The van der Waals surface area contributed by atoms with E-state index in [1.807, 2.05) is 24.3 Å². The lowest BCUT2D eigenvalue weighted by atomic mass is 9.78. The zero-order valence-corrected chi connectivity index (χ0v) is 15.0. The van der Waals surface area contributed by atoms with Gasteiger partial charge < -0.3 is 20.7 Å². The SMILES string of the molecule is COCC1(C(=O)NCc2ccc(NC(C)=O)cc2)CCNCC1.Cl. The Labute approximate surface area is 149 Å². The van der Waals surface area contributed by atoms with Crippen molar-refractivity contribution in [1.82, 2.24) is 10.6 Å². The van der Waals surface area contributed by atoms with Gasteiger partial charge in [-0.05, 0) is 43.6 Å². The molecule has 1 aliphatic heterocycles. The minimum atomic E-state index is -0.434. The molecule has 1 saturated heterocycles. The van der Waals surface area contributed by atoms with Crippen LogP contribution in [0.4, 0.5) is 5.69 Å². The fraction of sp³-hybridized carbons (Fsp3) is 0.529. The van der Waals surface area contributed by atoms with Gasteiger partial charge in [-0.3, -0.25) is 9.59 Å². The lowest BCUT2D eigenvalue weighted by molar-refractivity contribution is -0.136. The summed E-state index contributed by atoms with van der Waals surface area (Å²) in [5.74, 6) is -0.0507. The van der Waals surface area contributed by atoms with Crippen molar-refractivity contribution >= 4 is 29.9 Å². The van der Waals surface area contributed by atoms with E-state index in [9.17, 15) is 9.59 Å². The van der Waals surface area contributed by atoms with E-state index in [-0.39, 0.29) is 24.2 Å². The van der Waals surface area contributed by atoms with Crippen LogP contribution in [0, 0.1) is 5.41 Å². The third-order valence-electron chi connectivity index (χ3n) is 4.19. The van der Waals surface area contributed by atoms with Gasteiger partial charge in [0, 0.05) is 26.3 Å². The molecule has 6 nitrogen and oxygen atoms in total. The maximum Gasteiger partial charge on any atom is 0.228 e. The molecule has 7 heteroatoms. The largest absolute Gasteiger partial charge is 0.384 e. The highest BCUT2D eigenvalue weighted by atomic mass is 35.5. The van der Waals surface area contributed by atoms with E-state index in [4.69, 9.17) is 4.74 Å². The summed E-state index contributed by atoms with van der Waals surface area (Å²) in [6.07, 6.45) is 1.57. The van der Waals surface area contributed by atoms with Crippen LogP contribution in [-0.4, -0.2) is 38.6 Å². The molecule has 0 bridgehead atoms. The lowest BCUT2D eigenvalue weighted by Gasteiger charge is -2.35. The van der Waals surface area contributed by atoms with E-state index in [1.54, 1.807) is 7.11 Å². The molecule has 0 aromatic heterocycles. The predicted octanol–water partition coefficient (Wildman–Crippen LogP) is 1.70. The molecular weight excluding hydrogens is 330 g/mol. The molecular formula is C17H26ClN3O3. The minimum Gasteiger partial charge on any atom is -0.384 e. The van der Waals surface area contributed by atoms with Crippen LogP contribution in [0.3, 0.4) is 0 Å². The molecule has 1 aromatic rings. The summed E-state index contributed by atoms with van der Waals surface area (Å²) in [5, 5.41) is 9.02. The fourth-order valence-electron chi connectivity index (χ4n) is 2.90. The van der Waals surface area contributed by atoms with Crippen LogP contribution in [0.5, 0.6) is 0 Å². The van der Waals surface area contributed by atoms with E-state index >= 15 is 0 Å². The molecule has 0 aliphatic carbocycles. The van der Waals surface area contributed by atoms with Gasteiger partial charge in [0.2, 0.25) is 11.8 Å². The Morgan fingerprint density at radius 2 is 1.83 bits per heavy atom. The number of hydrogen-bond acceptors (Lipinski definition) is 4. The molecule has 1 aromatic carbocycles. The van der Waals surface area contributed by atoms with Crippen LogP contribution in [-0.2, 0) is 20.9 Å². The molecule has 1 heterocycles. The topological polar surface area (TPSA) is 79.5 Å². The van der Waals surface area contributed by atoms with Crippen molar-refractivity contribution in [2.24, 2.45) is 5.41 Å². The Morgan fingerprint density at radius 1 is 1.21 bits per heavy atom. The number of hydrogen-bond donors (Lipinski definition) is 3. The van der Waals surface area contributed by atoms with E-state index in [2.05, 4.69) is 16.0 Å². The number of nitrogens with one attached hydrogen (secondary N) is 3. The second kappa shape index (κ2) is 9.61. The van der Waals surface area contributed by atoms with Gasteiger partial charge in [0.1, 0.15) is 0 Å². The quantitative estimate of drug-likeness (QED) is 0.725. The van der Waals surface area contributed by atoms with Crippen LogP contribution >= 0.6 is 12.4 Å². The van der Waals surface area contributed by atoms with Gasteiger partial charge in [-0.2, -0.15) is 0 Å². The molecule has 1 fully saturated rings. The van der Waals surface area contributed by atoms with Gasteiger partial charge in [-0.25, -0.2) is 0 Å². The monoisotopic (exact) mass is 355 g/mol. The molecule has 2 amide bonds. The van der Waals surface area contributed by atoms with Crippen molar-refractivity contribution in [2.45, 2.75) is 26.3 Å². The van der Waals surface area contributed by atoms with E-state index in [0.717, 1.165) is 37.2 Å². The van der Waals surface area contributed by atoms with Crippen molar-refractivity contribution in [1.29, 1.82) is 0 Å². The second-order valence-corrected chi connectivity index (χ2v) is 6.02. The number of methoxy groups -OCH3 is 1. The molecule has 24 heavy (non-hydrogen) atoms. The number of halogens is 1. The first-order valence-corrected chi connectivity index (χ1v) is 7.90. The van der Waals surface area contributed by atoms with E-state index in [1.165, 1.54) is 6.92 Å². The van der Waals surface area contributed by atoms with E-state index < -0.39 is 5.41 Å². The summed E-state index contributed by atoms with van der Waals surface area (Å²) in [6.45, 7) is 4.06. The fourth-order valence-corrected chi connectivity index (χ4v) is 2.90. The van der Waals surface area contributed by atoms with Crippen molar-refractivity contribution in [3.8, 4) is 0 Å². The first-order chi connectivity index (χ1) is 11.1. The molecule has 2 rings (SSSR count). The third kappa shape index (κ3) is 5.47. The number of carbonyl (C=O) groups excluding carboxylic acids is 2. The number of anilines is 1. The zero-order valence-electron chi connectivity index (χ0n) is 14.2. The minimum absolute atomic E-state index is 0. The highest BCUT2D eigenvalue weighted by molar-refractivity contribution is 5.88. The first-order valence-electron chi connectivity index (χ1n) is 7.90. The maximum atomic E-state index is 12.6. The predicted molar refractivity (Wildman–Crippen MR) is 96.3 cm³/mol. The van der Waals surface area contributed by atoms with Crippen LogP contribution in [0.1, 0.15) is 25.3 Å². The number of amides is 2. The van der Waals surface area contributed by atoms with Crippen molar-refractivity contribution in [3.63, 3.8) is 0 Å². The Balaban J connectivity index is 0.00000288. The standard InChI is InChI=1S/C17H25N3O3.ClH/c1-13(21)20-15-5-3-14(4-6-15)11-19-16(22)17(12-23-2)7-9-18-10-8-17;/h3-6,18H,7-12H2,1-2H3,(H,19,22)(H,20,21);1H. The summed E-state index contributed by atoms with van der Waals surface area (Å²) in [6, 6.07) is 7.46.